The molecule has 2 unspecified atom stereocenters. The summed E-state index contributed by atoms with van der Waals surface area (Å²) in [4.78, 5) is 0. The highest BCUT2D eigenvalue weighted by atomic mass is 19.1. The average Bonchev–Trinajstić information content (AvgIpc) is 1.84. The van der Waals surface area contributed by atoms with Crippen LogP contribution in [-0.2, 0) is 0 Å². The molecule has 0 aromatic heterocycles. The van der Waals surface area contributed by atoms with Gasteiger partial charge in [0.15, 0.2) is 0 Å². The zero-order chi connectivity index (χ0) is 7.44. The Morgan fingerprint density at radius 3 is 2.11 bits per heavy atom. The molecule has 0 aliphatic rings. The molecule has 56 valence electrons. The Balaban J connectivity index is 3.58. The zero-order valence-corrected chi connectivity index (χ0v) is 5.84. The molecular weight excluding hydrogens is 121 g/mol. The smallest absolute Gasteiger partial charge is 0.129 e. The van der Waals surface area contributed by atoms with Crippen LogP contribution < -0.4 is 5.73 Å². The number of halogens is 1. The molecule has 0 aromatic rings. The van der Waals surface area contributed by atoms with Crippen molar-refractivity contribution in [2.75, 3.05) is 6.54 Å². The molecule has 0 fully saturated rings. The summed E-state index contributed by atoms with van der Waals surface area (Å²) in [5, 5.41) is 8.80. The lowest BCUT2D eigenvalue weighted by atomic mass is 10.0. The topological polar surface area (TPSA) is 46.2 Å². The minimum atomic E-state index is -1.19. The Hall–Kier alpha value is -0.150. The van der Waals surface area contributed by atoms with Crippen LogP contribution >= 0.6 is 0 Å². The molecule has 0 saturated heterocycles. The summed E-state index contributed by atoms with van der Waals surface area (Å²) < 4.78 is 12.6. The molecule has 3 heteroatoms. The first-order valence-corrected chi connectivity index (χ1v) is 3.11. The van der Waals surface area contributed by atoms with Gasteiger partial charge in [0.25, 0.3) is 0 Å². The molecule has 0 heterocycles. The molecule has 0 spiro atoms. The summed E-state index contributed by atoms with van der Waals surface area (Å²) in [5.41, 5.74) is 5.02. The predicted molar refractivity (Wildman–Crippen MR) is 34.8 cm³/mol. The maximum absolute atomic E-state index is 12.6. The van der Waals surface area contributed by atoms with Crippen molar-refractivity contribution in [2.45, 2.75) is 26.1 Å². The van der Waals surface area contributed by atoms with Crippen molar-refractivity contribution in [3.05, 3.63) is 0 Å². The normalized spacial score (nSPS) is 18.0. The highest BCUT2D eigenvalue weighted by molar-refractivity contribution is 4.70. The maximum Gasteiger partial charge on any atom is 0.129 e. The Kier molecular flexibility index (Phi) is 3.73. The van der Waals surface area contributed by atoms with Crippen molar-refractivity contribution >= 4 is 0 Å². The van der Waals surface area contributed by atoms with E-state index in [1.165, 1.54) is 0 Å². The highest BCUT2D eigenvalue weighted by Crippen LogP contribution is 2.09. The van der Waals surface area contributed by atoms with E-state index in [9.17, 15) is 4.39 Å². The third-order valence-corrected chi connectivity index (χ3v) is 1.25. The van der Waals surface area contributed by atoms with Gasteiger partial charge in [-0.3, -0.25) is 0 Å². The largest absolute Gasteiger partial charge is 0.389 e. The number of hydrogen-bond donors (Lipinski definition) is 2. The minimum absolute atomic E-state index is 0.000648. The van der Waals surface area contributed by atoms with E-state index >= 15 is 0 Å². The average molecular weight is 135 g/mol. The van der Waals surface area contributed by atoms with Gasteiger partial charge in [0.2, 0.25) is 0 Å². The number of rotatable bonds is 3. The molecule has 2 atom stereocenters. The van der Waals surface area contributed by atoms with Gasteiger partial charge in [-0.15, -0.1) is 0 Å². The molecule has 9 heavy (non-hydrogen) atoms. The molecule has 0 saturated carbocycles. The first kappa shape index (κ1) is 8.85. The number of hydrogen-bond acceptors (Lipinski definition) is 2. The van der Waals surface area contributed by atoms with E-state index in [1.54, 1.807) is 13.8 Å². The van der Waals surface area contributed by atoms with Crippen LogP contribution in [0.4, 0.5) is 4.39 Å². The molecule has 0 aliphatic heterocycles. The summed E-state index contributed by atoms with van der Waals surface area (Å²) in [7, 11) is 0. The van der Waals surface area contributed by atoms with Crippen LogP contribution in [0.2, 0.25) is 0 Å². The molecule has 0 aromatic carbocycles. The fraction of sp³-hybridized carbons (Fsp3) is 1.00. The standard InChI is InChI=1S/C6H14FNO/c1-4(2)6(7)5(9)3-8/h4-6,9H,3,8H2,1-2H3. The second kappa shape index (κ2) is 3.80. The van der Waals surface area contributed by atoms with Crippen LogP contribution in [0.15, 0.2) is 0 Å². The minimum Gasteiger partial charge on any atom is -0.389 e. The molecular formula is C6H14FNO. The zero-order valence-electron chi connectivity index (χ0n) is 5.84. The van der Waals surface area contributed by atoms with Gasteiger partial charge in [-0.05, 0) is 5.92 Å². The summed E-state index contributed by atoms with van der Waals surface area (Å²) in [6, 6.07) is 0. The van der Waals surface area contributed by atoms with Gasteiger partial charge in [0.1, 0.15) is 6.17 Å². The fourth-order valence-electron chi connectivity index (χ4n) is 0.574. The van der Waals surface area contributed by atoms with Crippen molar-refractivity contribution in [3.8, 4) is 0 Å². The summed E-state index contributed by atoms with van der Waals surface area (Å²) >= 11 is 0. The second-order valence-electron chi connectivity index (χ2n) is 2.49. The van der Waals surface area contributed by atoms with Gasteiger partial charge >= 0.3 is 0 Å². The molecule has 0 bridgehead atoms. The molecule has 2 nitrogen and oxygen atoms in total. The van der Waals surface area contributed by atoms with E-state index in [1.807, 2.05) is 0 Å². The van der Waals surface area contributed by atoms with E-state index in [2.05, 4.69) is 0 Å². The first-order chi connectivity index (χ1) is 4.09. The predicted octanol–water partition coefficient (Wildman–Crippen LogP) is 0.300. The third kappa shape index (κ3) is 2.77. The quantitative estimate of drug-likeness (QED) is 0.584. The maximum atomic E-state index is 12.6. The number of alkyl halides is 1. The van der Waals surface area contributed by atoms with Crippen LogP contribution in [0.3, 0.4) is 0 Å². The molecule has 0 radical (unpaired) electrons. The van der Waals surface area contributed by atoms with Crippen LogP contribution in [0.25, 0.3) is 0 Å². The monoisotopic (exact) mass is 135 g/mol. The molecule has 0 amide bonds. The number of aliphatic hydroxyl groups excluding tert-OH is 1. The summed E-state index contributed by atoms with van der Waals surface area (Å²) in [5.74, 6) is -0.149. The van der Waals surface area contributed by atoms with Crippen molar-refractivity contribution in [1.29, 1.82) is 0 Å². The van der Waals surface area contributed by atoms with Gasteiger partial charge in [0, 0.05) is 6.54 Å². The van der Waals surface area contributed by atoms with Crippen molar-refractivity contribution in [3.63, 3.8) is 0 Å². The lowest BCUT2D eigenvalue weighted by Gasteiger charge is -2.16. The van der Waals surface area contributed by atoms with Gasteiger partial charge in [0.05, 0.1) is 6.10 Å². The lowest BCUT2D eigenvalue weighted by Crippen LogP contribution is -2.33. The van der Waals surface area contributed by atoms with Gasteiger partial charge in [-0.2, -0.15) is 0 Å². The Morgan fingerprint density at radius 1 is 1.56 bits per heavy atom. The van der Waals surface area contributed by atoms with Crippen molar-refractivity contribution in [2.24, 2.45) is 11.7 Å². The number of aliphatic hydroxyl groups is 1. The number of nitrogens with two attached hydrogens (primary N) is 1. The van der Waals surface area contributed by atoms with E-state index in [0.29, 0.717) is 0 Å². The first-order valence-electron chi connectivity index (χ1n) is 3.11. The SMILES string of the molecule is CC(C)C(F)C(O)CN. The van der Waals surface area contributed by atoms with E-state index < -0.39 is 12.3 Å². The third-order valence-electron chi connectivity index (χ3n) is 1.25. The van der Waals surface area contributed by atoms with E-state index in [0.717, 1.165) is 0 Å². The van der Waals surface area contributed by atoms with Crippen molar-refractivity contribution in [1.82, 2.24) is 0 Å². The summed E-state index contributed by atoms with van der Waals surface area (Å²) in [6.07, 6.45) is -2.18. The highest BCUT2D eigenvalue weighted by Gasteiger charge is 2.19. The second-order valence-corrected chi connectivity index (χ2v) is 2.49. The van der Waals surface area contributed by atoms with Crippen LogP contribution in [-0.4, -0.2) is 23.9 Å². The lowest BCUT2D eigenvalue weighted by molar-refractivity contribution is 0.0575. The van der Waals surface area contributed by atoms with Crippen LogP contribution in [0.1, 0.15) is 13.8 Å². The fourth-order valence-corrected chi connectivity index (χ4v) is 0.574. The Morgan fingerprint density at radius 2 is 2.00 bits per heavy atom. The van der Waals surface area contributed by atoms with Crippen LogP contribution in [0, 0.1) is 5.92 Å². The van der Waals surface area contributed by atoms with E-state index in [4.69, 9.17) is 10.8 Å². The molecule has 0 aliphatic carbocycles. The van der Waals surface area contributed by atoms with Gasteiger partial charge in [-0.1, -0.05) is 13.8 Å². The molecule has 3 N–H and O–H groups in total. The summed E-state index contributed by atoms with van der Waals surface area (Å²) in [6.45, 7) is 3.42. The van der Waals surface area contributed by atoms with E-state index in [-0.39, 0.29) is 12.5 Å². The van der Waals surface area contributed by atoms with Gasteiger partial charge < -0.3 is 10.8 Å². The van der Waals surface area contributed by atoms with Crippen molar-refractivity contribution < 1.29 is 9.50 Å². The Bertz CT molecular complexity index is 77.5. The van der Waals surface area contributed by atoms with Gasteiger partial charge in [-0.25, -0.2) is 4.39 Å². The Labute approximate surface area is 54.9 Å². The molecule has 0 rings (SSSR count). The van der Waals surface area contributed by atoms with Crippen LogP contribution in [0.5, 0.6) is 0 Å².